The minimum Gasteiger partial charge on any atom is -0.493 e. The second-order valence-electron chi connectivity index (χ2n) is 7.87. The highest BCUT2D eigenvalue weighted by Gasteiger charge is 2.35. The highest BCUT2D eigenvalue weighted by molar-refractivity contribution is 8.18. The Kier molecular flexibility index (Phi) is 8.07. The zero-order valence-corrected chi connectivity index (χ0v) is 20.7. The van der Waals surface area contributed by atoms with Crippen molar-refractivity contribution in [3.05, 3.63) is 100.0 Å². The molecule has 0 radical (unpaired) electrons. The average molecular weight is 504 g/mol. The number of amides is 2. The predicted octanol–water partition coefficient (Wildman–Crippen LogP) is 5.69. The van der Waals surface area contributed by atoms with Crippen LogP contribution in [0.25, 0.3) is 6.08 Å². The smallest absolute Gasteiger partial charge is 0.338 e. The Bertz CT molecular complexity index is 1290. The fraction of sp³-hybridized carbons (Fsp3) is 0.179. The third kappa shape index (κ3) is 5.95. The fourth-order valence-electron chi connectivity index (χ4n) is 3.56. The number of carbonyl (C=O) groups excluding carboxylic acids is 3. The molecule has 0 unspecified atom stereocenters. The van der Waals surface area contributed by atoms with Crippen molar-refractivity contribution in [3.63, 3.8) is 0 Å². The van der Waals surface area contributed by atoms with Gasteiger partial charge in [0.2, 0.25) is 0 Å². The summed E-state index contributed by atoms with van der Waals surface area (Å²) in [4.78, 5) is 38.8. The molecule has 1 heterocycles. The molecule has 1 aliphatic rings. The Morgan fingerprint density at radius 3 is 2.39 bits per heavy atom. The molecule has 36 heavy (non-hydrogen) atoms. The van der Waals surface area contributed by atoms with Crippen molar-refractivity contribution in [2.45, 2.75) is 20.1 Å². The number of carbonyl (C=O) groups is 3. The van der Waals surface area contributed by atoms with Crippen LogP contribution in [-0.2, 0) is 22.7 Å². The topological polar surface area (TPSA) is 82.1 Å². The number of ether oxygens (including phenoxy) is 3. The van der Waals surface area contributed by atoms with Gasteiger partial charge in [-0.1, -0.05) is 48.5 Å². The standard InChI is InChI=1S/C28H25NO6S/c1-3-34-27(31)22-12-9-19(10-13-22)17-29-26(30)25(36-28(29)32)16-21-11-14-23(24(15-21)33-2)35-18-20-7-5-4-6-8-20/h4-16H,3,17-18H2,1-2H3/b25-16-. The third-order valence-electron chi connectivity index (χ3n) is 5.40. The van der Waals surface area contributed by atoms with Crippen LogP contribution < -0.4 is 9.47 Å². The van der Waals surface area contributed by atoms with Gasteiger partial charge in [0.05, 0.1) is 30.7 Å². The molecule has 2 amide bonds. The Labute approximate surface area is 213 Å². The van der Waals surface area contributed by atoms with Crippen molar-refractivity contribution in [1.29, 1.82) is 0 Å². The number of benzene rings is 3. The van der Waals surface area contributed by atoms with E-state index in [1.54, 1.807) is 56.5 Å². The van der Waals surface area contributed by atoms with E-state index in [0.717, 1.165) is 22.9 Å². The Hall–Kier alpha value is -4.04. The van der Waals surface area contributed by atoms with Crippen LogP contribution in [0, 0.1) is 0 Å². The van der Waals surface area contributed by atoms with Crippen LogP contribution in [0.15, 0.2) is 77.7 Å². The van der Waals surface area contributed by atoms with Gasteiger partial charge in [-0.3, -0.25) is 14.5 Å². The number of nitrogens with zero attached hydrogens (tertiary/aromatic N) is 1. The zero-order valence-electron chi connectivity index (χ0n) is 19.9. The number of rotatable bonds is 9. The zero-order chi connectivity index (χ0) is 25.5. The largest absolute Gasteiger partial charge is 0.493 e. The van der Waals surface area contributed by atoms with Gasteiger partial charge in [-0.2, -0.15) is 0 Å². The lowest BCUT2D eigenvalue weighted by molar-refractivity contribution is -0.123. The van der Waals surface area contributed by atoms with E-state index in [0.29, 0.717) is 40.7 Å². The number of methoxy groups -OCH3 is 1. The molecule has 0 saturated carbocycles. The molecule has 0 bridgehead atoms. The maximum Gasteiger partial charge on any atom is 0.338 e. The third-order valence-corrected chi connectivity index (χ3v) is 6.31. The minimum atomic E-state index is -0.412. The van der Waals surface area contributed by atoms with E-state index in [2.05, 4.69) is 0 Å². The molecule has 3 aromatic rings. The van der Waals surface area contributed by atoms with E-state index in [4.69, 9.17) is 14.2 Å². The van der Waals surface area contributed by atoms with Crippen molar-refractivity contribution in [2.75, 3.05) is 13.7 Å². The van der Waals surface area contributed by atoms with Crippen LogP contribution in [0.1, 0.15) is 34.0 Å². The molecular formula is C28H25NO6S. The van der Waals surface area contributed by atoms with Crippen molar-refractivity contribution in [1.82, 2.24) is 4.90 Å². The van der Waals surface area contributed by atoms with Crippen molar-refractivity contribution >= 4 is 35.0 Å². The normalized spacial score (nSPS) is 14.3. The Morgan fingerprint density at radius 2 is 1.69 bits per heavy atom. The molecule has 0 spiro atoms. The fourth-order valence-corrected chi connectivity index (χ4v) is 4.40. The van der Waals surface area contributed by atoms with Gasteiger partial charge in [-0.25, -0.2) is 4.79 Å². The number of esters is 1. The molecule has 0 N–H and O–H groups in total. The quantitative estimate of drug-likeness (QED) is 0.274. The predicted molar refractivity (Wildman–Crippen MR) is 138 cm³/mol. The van der Waals surface area contributed by atoms with Gasteiger partial charge >= 0.3 is 5.97 Å². The van der Waals surface area contributed by atoms with Gasteiger partial charge < -0.3 is 14.2 Å². The highest BCUT2D eigenvalue weighted by atomic mass is 32.2. The summed E-state index contributed by atoms with van der Waals surface area (Å²) in [5, 5.41) is -0.351. The molecular weight excluding hydrogens is 478 g/mol. The summed E-state index contributed by atoms with van der Waals surface area (Å²) in [6, 6.07) is 21.8. The molecule has 4 rings (SSSR count). The molecule has 1 saturated heterocycles. The van der Waals surface area contributed by atoms with Gasteiger partial charge in [-0.15, -0.1) is 0 Å². The van der Waals surface area contributed by atoms with Gasteiger partial charge in [0.25, 0.3) is 11.1 Å². The molecule has 8 heteroatoms. The summed E-state index contributed by atoms with van der Waals surface area (Å²) in [5.74, 6) is 0.325. The lowest BCUT2D eigenvalue weighted by atomic mass is 10.1. The maximum atomic E-state index is 13.0. The Balaban J connectivity index is 1.44. The summed E-state index contributed by atoms with van der Waals surface area (Å²) in [7, 11) is 1.55. The molecule has 1 aliphatic heterocycles. The molecule has 0 aromatic heterocycles. The van der Waals surface area contributed by atoms with Crippen molar-refractivity contribution in [2.24, 2.45) is 0 Å². The molecule has 0 aliphatic carbocycles. The van der Waals surface area contributed by atoms with Crippen LogP contribution in [0.5, 0.6) is 11.5 Å². The SMILES string of the molecule is CCOC(=O)c1ccc(CN2C(=O)S/C(=C\c3ccc(OCc4ccccc4)c(OC)c3)C2=O)cc1. The van der Waals surface area contributed by atoms with Gasteiger partial charge in [0.15, 0.2) is 11.5 Å². The second kappa shape index (κ2) is 11.6. The van der Waals surface area contributed by atoms with Gasteiger partial charge in [0.1, 0.15) is 6.61 Å². The molecule has 3 aromatic carbocycles. The maximum absolute atomic E-state index is 13.0. The number of thioether (sulfide) groups is 1. The summed E-state index contributed by atoms with van der Waals surface area (Å²) in [6.45, 7) is 2.54. The van der Waals surface area contributed by atoms with Crippen molar-refractivity contribution < 1.29 is 28.6 Å². The molecule has 7 nitrogen and oxygen atoms in total. The summed E-state index contributed by atoms with van der Waals surface area (Å²) >= 11 is 0.888. The second-order valence-corrected chi connectivity index (χ2v) is 8.86. The van der Waals surface area contributed by atoms with Crippen LogP contribution in [0.2, 0.25) is 0 Å². The molecule has 184 valence electrons. The summed E-state index contributed by atoms with van der Waals surface area (Å²) < 4.78 is 16.3. The average Bonchev–Trinajstić information content (AvgIpc) is 3.16. The van der Waals surface area contributed by atoms with E-state index in [1.165, 1.54) is 4.90 Å². The number of hydrogen-bond acceptors (Lipinski definition) is 7. The number of imide groups is 1. The minimum absolute atomic E-state index is 0.112. The van der Waals surface area contributed by atoms with E-state index in [1.807, 2.05) is 36.4 Å². The van der Waals surface area contributed by atoms with E-state index in [-0.39, 0.29) is 17.7 Å². The molecule has 0 atom stereocenters. The lowest BCUT2D eigenvalue weighted by Gasteiger charge is -2.13. The van der Waals surface area contributed by atoms with Gasteiger partial charge in [0, 0.05) is 0 Å². The van der Waals surface area contributed by atoms with Crippen LogP contribution in [-0.4, -0.2) is 35.7 Å². The van der Waals surface area contributed by atoms with Crippen LogP contribution in [0.4, 0.5) is 4.79 Å². The number of hydrogen-bond donors (Lipinski definition) is 0. The van der Waals surface area contributed by atoms with Crippen molar-refractivity contribution in [3.8, 4) is 11.5 Å². The van der Waals surface area contributed by atoms with Crippen LogP contribution in [0.3, 0.4) is 0 Å². The van der Waals surface area contributed by atoms with Gasteiger partial charge in [-0.05, 0) is 65.7 Å². The first kappa shape index (κ1) is 25.1. The molecule has 1 fully saturated rings. The van der Waals surface area contributed by atoms with Crippen LogP contribution >= 0.6 is 11.8 Å². The van der Waals surface area contributed by atoms with E-state index >= 15 is 0 Å². The first-order valence-electron chi connectivity index (χ1n) is 11.3. The Morgan fingerprint density at radius 1 is 0.944 bits per heavy atom. The van der Waals surface area contributed by atoms with E-state index < -0.39 is 5.97 Å². The first-order chi connectivity index (χ1) is 17.5. The summed E-state index contributed by atoms with van der Waals surface area (Å²) in [5.41, 5.74) is 2.89. The van der Waals surface area contributed by atoms with E-state index in [9.17, 15) is 14.4 Å². The monoisotopic (exact) mass is 503 g/mol. The first-order valence-corrected chi connectivity index (χ1v) is 12.2. The lowest BCUT2D eigenvalue weighted by Crippen LogP contribution is -2.27. The summed E-state index contributed by atoms with van der Waals surface area (Å²) in [6.07, 6.45) is 1.66. The highest BCUT2D eigenvalue weighted by Crippen LogP contribution is 2.35.